The van der Waals surface area contributed by atoms with Gasteiger partial charge >= 0.3 is 5.97 Å². The third-order valence-corrected chi connectivity index (χ3v) is 4.03. The highest BCUT2D eigenvalue weighted by atomic mass is 32.2. The van der Waals surface area contributed by atoms with E-state index in [9.17, 15) is 4.79 Å². The molecule has 0 bridgehead atoms. The van der Waals surface area contributed by atoms with Gasteiger partial charge in [-0.3, -0.25) is 4.79 Å². The molecule has 1 N–H and O–H groups in total. The first kappa shape index (κ1) is 13.0. The Morgan fingerprint density at radius 1 is 1.11 bits per heavy atom. The summed E-state index contributed by atoms with van der Waals surface area (Å²) in [6.07, 6.45) is 0. The van der Waals surface area contributed by atoms with Crippen molar-refractivity contribution in [1.82, 2.24) is 0 Å². The number of thioether (sulfide) groups is 1. The van der Waals surface area contributed by atoms with Crippen LogP contribution in [0.1, 0.15) is 19.4 Å². The largest absolute Gasteiger partial charge is 0.480 e. The van der Waals surface area contributed by atoms with Crippen LogP contribution in [0.2, 0.25) is 0 Å². The number of hydrogen-bond donors (Lipinski definition) is 1. The molecule has 0 aromatic heterocycles. The fourth-order valence-corrected chi connectivity index (χ4v) is 2.74. The van der Waals surface area contributed by atoms with Crippen LogP contribution >= 0.6 is 11.8 Å². The predicted molar refractivity (Wildman–Crippen MR) is 76.3 cm³/mol. The molecule has 0 spiro atoms. The predicted octanol–water partition coefficient (Wildman–Crippen LogP) is 4.10. The molecule has 2 rings (SSSR count). The molecule has 2 aromatic carbocycles. The van der Waals surface area contributed by atoms with Crippen molar-refractivity contribution in [3.8, 4) is 0 Å². The molecular formula is C15H16O2S. The second kappa shape index (κ2) is 4.65. The molecule has 0 aliphatic carbocycles. The Morgan fingerprint density at radius 3 is 2.39 bits per heavy atom. The van der Waals surface area contributed by atoms with Gasteiger partial charge in [0, 0.05) is 4.90 Å². The lowest BCUT2D eigenvalue weighted by atomic mass is 10.1. The molecule has 0 saturated carbocycles. The van der Waals surface area contributed by atoms with Crippen LogP contribution < -0.4 is 0 Å². The first-order valence-electron chi connectivity index (χ1n) is 5.81. The van der Waals surface area contributed by atoms with E-state index in [-0.39, 0.29) is 0 Å². The van der Waals surface area contributed by atoms with Gasteiger partial charge in [-0.15, -0.1) is 11.8 Å². The highest BCUT2D eigenvalue weighted by molar-refractivity contribution is 8.01. The van der Waals surface area contributed by atoms with Crippen LogP contribution in [0.4, 0.5) is 0 Å². The van der Waals surface area contributed by atoms with Crippen LogP contribution in [0, 0.1) is 6.92 Å². The van der Waals surface area contributed by atoms with Crippen LogP contribution in [0.5, 0.6) is 0 Å². The molecule has 3 heteroatoms. The number of aliphatic carboxylic acids is 1. The minimum atomic E-state index is -0.807. The monoisotopic (exact) mass is 260 g/mol. The molecule has 0 unspecified atom stereocenters. The molecule has 0 aliphatic rings. The standard InChI is InChI=1S/C15H16O2S/c1-10-4-5-12-9-13(7-6-11(12)8-10)18-15(2,3)14(16)17/h4-9H,1-3H3,(H,16,17). The van der Waals surface area contributed by atoms with Gasteiger partial charge in [0.05, 0.1) is 0 Å². The van der Waals surface area contributed by atoms with E-state index in [1.54, 1.807) is 13.8 Å². The Kier molecular flexibility index (Phi) is 3.35. The zero-order chi connectivity index (χ0) is 13.3. The first-order valence-corrected chi connectivity index (χ1v) is 6.63. The number of hydrogen-bond acceptors (Lipinski definition) is 2. The minimum absolute atomic E-state index is 0.795. The molecule has 0 fully saturated rings. The highest BCUT2D eigenvalue weighted by Gasteiger charge is 2.28. The van der Waals surface area contributed by atoms with E-state index in [2.05, 4.69) is 25.1 Å². The van der Waals surface area contributed by atoms with Gasteiger partial charge in [0.2, 0.25) is 0 Å². The van der Waals surface area contributed by atoms with Gasteiger partial charge in [-0.25, -0.2) is 0 Å². The van der Waals surface area contributed by atoms with Crippen LogP contribution in [0.3, 0.4) is 0 Å². The van der Waals surface area contributed by atoms with E-state index < -0.39 is 10.7 Å². The molecular weight excluding hydrogens is 244 g/mol. The molecule has 0 saturated heterocycles. The zero-order valence-electron chi connectivity index (χ0n) is 10.7. The number of fused-ring (bicyclic) bond motifs is 1. The van der Waals surface area contributed by atoms with E-state index >= 15 is 0 Å². The molecule has 18 heavy (non-hydrogen) atoms. The first-order chi connectivity index (χ1) is 8.38. The smallest absolute Gasteiger partial charge is 0.319 e. The fraction of sp³-hybridized carbons (Fsp3) is 0.267. The van der Waals surface area contributed by atoms with Gasteiger partial charge < -0.3 is 5.11 Å². The Labute approximate surface area is 111 Å². The fourth-order valence-electron chi connectivity index (χ4n) is 1.75. The van der Waals surface area contributed by atoms with Crippen molar-refractivity contribution < 1.29 is 9.90 Å². The lowest BCUT2D eigenvalue weighted by Crippen LogP contribution is -2.26. The van der Waals surface area contributed by atoms with Crippen LogP contribution in [-0.2, 0) is 4.79 Å². The summed E-state index contributed by atoms with van der Waals surface area (Å²) >= 11 is 1.37. The van der Waals surface area contributed by atoms with E-state index in [4.69, 9.17) is 5.11 Å². The second-order valence-electron chi connectivity index (χ2n) is 4.93. The molecule has 0 atom stereocenters. The maximum Gasteiger partial charge on any atom is 0.319 e. The Morgan fingerprint density at radius 2 is 1.72 bits per heavy atom. The summed E-state index contributed by atoms with van der Waals surface area (Å²) in [6.45, 7) is 5.51. The number of carboxylic acid groups (broad SMARTS) is 1. The summed E-state index contributed by atoms with van der Waals surface area (Å²) < 4.78 is -0.807. The second-order valence-corrected chi connectivity index (χ2v) is 6.63. The molecule has 94 valence electrons. The summed E-state index contributed by atoms with van der Waals surface area (Å²) in [7, 11) is 0. The Bertz CT molecular complexity index is 602. The zero-order valence-corrected chi connectivity index (χ0v) is 11.5. The number of carbonyl (C=O) groups is 1. The van der Waals surface area contributed by atoms with Crippen molar-refractivity contribution in [1.29, 1.82) is 0 Å². The van der Waals surface area contributed by atoms with Crippen LogP contribution in [0.25, 0.3) is 10.8 Å². The minimum Gasteiger partial charge on any atom is -0.480 e. The SMILES string of the molecule is Cc1ccc2cc(SC(C)(C)C(=O)O)ccc2c1. The highest BCUT2D eigenvalue weighted by Crippen LogP contribution is 2.34. The molecule has 0 radical (unpaired) electrons. The molecule has 0 heterocycles. The Balaban J connectivity index is 2.36. The summed E-state index contributed by atoms with van der Waals surface area (Å²) in [4.78, 5) is 12.1. The quantitative estimate of drug-likeness (QED) is 0.844. The van der Waals surface area contributed by atoms with Crippen molar-refractivity contribution >= 4 is 28.5 Å². The third-order valence-electron chi connectivity index (χ3n) is 2.86. The maximum atomic E-state index is 11.1. The average molecular weight is 260 g/mol. The summed E-state index contributed by atoms with van der Waals surface area (Å²) in [5.74, 6) is -0.795. The number of rotatable bonds is 3. The molecule has 0 amide bonds. The average Bonchev–Trinajstić information content (AvgIpc) is 2.28. The maximum absolute atomic E-state index is 11.1. The van der Waals surface area contributed by atoms with Crippen LogP contribution in [-0.4, -0.2) is 15.8 Å². The van der Waals surface area contributed by atoms with Gasteiger partial charge in [0.1, 0.15) is 4.75 Å². The van der Waals surface area contributed by atoms with Crippen molar-refractivity contribution in [2.75, 3.05) is 0 Å². The van der Waals surface area contributed by atoms with Crippen molar-refractivity contribution in [2.24, 2.45) is 0 Å². The summed E-state index contributed by atoms with van der Waals surface area (Å²) in [6, 6.07) is 12.3. The normalized spacial score (nSPS) is 11.7. The van der Waals surface area contributed by atoms with E-state index in [0.717, 1.165) is 10.3 Å². The molecule has 2 nitrogen and oxygen atoms in total. The van der Waals surface area contributed by atoms with Gasteiger partial charge in [-0.1, -0.05) is 29.8 Å². The topological polar surface area (TPSA) is 37.3 Å². The van der Waals surface area contributed by atoms with Crippen molar-refractivity contribution in [2.45, 2.75) is 30.4 Å². The lowest BCUT2D eigenvalue weighted by Gasteiger charge is -2.18. The lowest BCUT2D eigenvalue weighted by molar-refractivity contribution is -0.138. The van der Waals surface area contributed by atoms with Gasteiger partial charge in [0.25, 0.3) is 0 Å². The van der Waals surface area contributed by atoms with Gasteiger partial charge in [0.15, 0.2) is 0 Å². The summed E-state index contributed by atoms with van der Waals surface area (Å²) in [5, 5.41) is 11.5. The van der Waals surface area contributed by atoms with Gasteiger partial charge in [-0.05, 0) is 43.7 Å². The summed E-state index contributed by atoms with van der Waals surface area (Å²) in [5.41, 5.74) is 1.23. The molecule has 2 aromatic rings. The van der Waals surface area contributed by atoms with Crippen molar-refractivity contribution in [3.05, 3.63) is 42.0 Å². The van der Waals surface area contributed by atoms with Gasteiger partial charge in [-0.2, -0.15) is 0 Å². The van der Waals surface area contributed by atoms with Crippen molar-refractivity contribution in [3.63, 3.8) is 0 Å². The van der Waals surface area contributed by atoms with E-state index in [1.165, 1.54) is 22.7 Å². The third kappa shape index (κ3) is 2.67. The van der Waals surface area contributed by atoms with E-state index in [0.29, 0.717) is 0 Å². The van der Waals surface area contributed by atoms with E-state index in [1.807, 2.05) is 18.2 Å². The number of benzene rings is 2. The number of aryl methyl sites for hydroxylation is 1. The number of carboxylic acids is 1. The molecule has 0 aliphatic heterocycles. The Hall–Kier alpha value is -1.48. The van der Waals surface area contributed by atoms with Crippen LogP contribution in [0.15, 0.2) is 41.3 Å².